The van der Waals surface area contributed by atoms with Crippen molar-refractivity contribution in [2.75, 3.05) is 39.1 Å². The van der Waals surface area contributed by atoms with E-state index in [0.717, 1.165) is 23.9 Å². The molecule has 0 radical (unpaired) electrons. The fraction of sp³-hybridized carbons (Fsp3) is 0.714. The van der Waals surface area contributed by atoms with Crippen LogP contribution in [0.15, 0.2) is 5.38 Å². The molecule has 1 saturated heterocycles. The van der Waals surface area contributed by atoms with Crippen LogP contribution in [0.3, 0.4) is 0 Å². The van der Waals surface area contributed by atoms with Gasteiger partial charge in [0.25, 0.3) is 0 Å². The number of piperidine rings is 1. The smallest absolute Gasteiger partial charge is 0.305 e. The third kappa shape index (κ3) is 4.76. The summed E-state index contributed by atoms with van der Waals surface area (Å²) in [5.41, 5.74) is 0.962. The molecule has 0 bridgehead atoms. The number of rotatable bonds is 6. The van der Waals surface area contributed by atoms with Crippen molar-refractivity contribution < 1.29 is 9.53 Å². The molecule has 1 unspecified atom stereocenters. The number of aromatic nitrogens is 1. The number of aryl methyl sites for hydroxylation is 1. The van der Waals surface area contributed by atoms with Crippen LogP contribution >= 0.6 is 11.3 Å². The first-order valence-corrected chi connectivity index (χ1v) is 7.99. The number of nitrogens with zero attached hydrogens (tertiary/aromatic N) is 2. The van der Waals surface area contributed by atoms with Gasteiger partial charge in [0.05, 0.1) is 19.2 Å². The Morgan fingerprint density at radius 1 is 1.65 bits per heavy atom. The fourth-order valence-corrected chi connectivity index (χ4v) is 3.26. The first-order chi connectivity index (χ1) is 9.67. The predicted octanol–water partition coefficient (Wildman–Crippen LogP) is 2.00. The van der Waals surface area contributed by atoms with Gasteiger partial charge in [-0.1, -0.05) is 0 Å². The average molecular weight is 297 g/mol. The molecule has 6 heteroatoms. The molecule has 1 N–H and O–H groups in total. The summed E-state index contributed by atoms with van der Waals surface area (Å²) < 4.78 is 4.63. The summed E-state index contributed by atoms with van der Waals surface area (Å²) in [6.45, 7) is 3.35. The van der Waals surface area contributed by atoms with Gasteiger partial charge in [-0.25, -0.2) is 4.98 Å². The molecule has 1 atom stereocenters. The van der Waals surface area contributed by atoms with E-state index >= 15 is 0 Å². The highest BCUT2D eigenvalue weighted by Gasteiger charge is 2.17. The molecular weight excluding hydrogens is 274 g/mol. The molecule has 1 aromatic rings. The molecule has 112 valence electrons. The zero-order chi connectivity index (χ0) is 14.4. The lowest BCUT2D eigenvalue weighted by Gasteiger charge is -2.29. The van der Waals surface area contributed by atoms with Crippen LogP contribution in [0.1, 0.15) is 25.0 Å². The van der Waals surface area contributed by atoms with Crippen LogP contribution in [-0.2, 0) is 16.0 Å². The molecule has 0 aromatic carbocycles. The summed E-state index contributed by atoms with van der Waals surface area (Å²) in [5.74, 6) is 0.522. The van der Waals surface area contributed by atoms with E-state index in [-0.39, 0.29) is 5.97 Å². The number of carbonyl (C=O) groups is 1. The average Bonchev–Trinajstić information content (AvgIpc) is 2.90. The van der Waals surface area contributed by atoms with Crippen molar-refractivity contribution in [3.05, 3.63) is 11.1 Å². The molecule has 1 fully saturated rings. The Morgan fingerprint density at radius 2 is 2.50 bits per heavy atom. The Bertz CT molecular complexity index is 436. The van der Waals surface area contributed by atoms with Gasteiger partial charge in [-0.15, -0.1) is 11.3 Å². The van der Waals surface area contributed by atoms with E-state index in [1.54, 1.807) is 11.3 Å². The second kappa shape index (κ2) is 7.59. The van der Waals surface area contributed by atoms with E-state index in [9.17, 15) is 4.79 Å². The molecule has 0 saturated carbocycles. The van der Waals surface area contributed by atoms with Gasteiger partial charge < -0.3 is 15.0 Å². The van der Waals surface area contributed by atoms with Crippen molar-refractivity contribution in [2.45, 2.75) is 25.7 Å². The second-order valence-corrected chi connectivity index (χ2v) is 6.23. The number of carbonyl (C=O) groups excluding carboxylic acids is 1. The van der Waals surface area contributed by atoms with Crippen LogP contribution in [0, 0.1) is 5.92 Å². The number of hydrogen-bond acceptors (Lipinski definition) is 6. The highest BCUT2D eigenvalue weighted by atomic mass is 32.1. The molecule has 1 aliphatic rings. The van der Waals surface area contributed by atoms with Crippen LogP contribution in [0.4, 0.5) is 5.13 Å². The number of esters is 1. The minimum Gasteiger partial charge on any atom is -0.469 e. The molecule has 0 spiro atoms. The minimum absolute atomic E-state index is 0.183. The lowest BCUT2D eigenvalue weighted by molar-refractivity contribution is -0.140. The summed E-state index contributed by atoms with van der Waals surface area (Å²) in [5, 5.41) is 6.39. The zero-order valence-corrected chi connectivity index (χ0v) is 13.0. The Balaban J connectivity index is 1.73. The SMILES string of the molecule is COC(=O)CCc1csc(NCC2CCCN(C)C2)n1. The summed E-state index contributed by atoms with van der Waals surface area (Å²) in [4.78, 5) is 18.0. The highest BCUT2D eigenvalue weighted by molar-refractivity contribution is 7.13. The monoisotopic (exact) mass is 297 g/mol. The number of thiazole rings is 1. The molecule has 20 heavy (non-hydrogen) atoms. The number of nitrogens with one attached hydrogen (secondary N) is 1. The molecule has 5 nitrogen and oxygen atoms in total. The quantitative estimate of drug-likeness (QED) is 0.814. The van der Waals surface area contributed by atoms with Crippen molar-refractivity contribution in [3.8, 4) is 0 Å². The standard InChI is InChI=1S/C14H23N3O2S/c1-17-7-3-4-11(9-17)8-15-14-16-12(10-20-14)5-6-13(18)19-2/h10-11H,3-9H2,1-2H3,(H,15,16). The summed E-state index contributed by atoms with van der Waals surface area (Å²) in [6, 6.07) is 0. The largest absolute Gasteiger partial charge is 0.469 e. The Hall–Kier alpha value is -1.14. The normalized spacial score (nSPS) is 19.8. The van der Waals surface area contributed by atoms with Crippen molar-refractivity contribution in [2.24, 2.45) is 5.92 Å². The number of ether oxygens (including phenoxy) is 1. The third-order valence-corrected chi connectivity index (χ3v) is 4.48. The molecule has 0 aliphatic carbocycles. The molecule has 0 amide bonds. The first kappa shape index (κ1) is 15.3. The van der Waals surface area contributed by atoms with Gasteiger partial charge >= 0.3 is 5.97 Å². The number of hydrogen-bond donors (Lipinski definition) is 1. The zero-order valence-electron chi connectivity index (χ0n) is 12.2. The van der Waals surface area contributed by atoms with Crippen molar-refractivity contribution in [1.82, 2.24) is 9.88 Å². The van der Waals surface area contributed by atoms with Crippen molar-refractivity contribution >= 4 is 22.4 Å². The van der Waals surface area contributed by atoms with Gasteiger partial charge in [-0.2, -0.15) is 0 Å². The maximum atomic E-state index is 11.1. The van der Waals surface area contributed by atoms with Crippen LogP contribution in [0.5, 0.6) is 0 Å². The van der Waals surface area contributed by atoms with Gasteiger partial charge in [-0.05, 0) is 32.4 Å². The number of likely N-dealkylation sites (tertiary alicyclic amines) is 1. The molecule has 2 rings (SSSR count). The van der Waals surface area contributed by atoms with Crippen LogP contribution in [0.25, 0.3) is 0 Å². The fourth-order valence-electron chi connectivity index (χ4n) is 2.51. The Morgan fingerprint density at radius 3 is 3.25 bits per heavy atom. The molecule has 1 aliphatic heterocycles. The summed E-state index contributed by atoms with van der Waals surface area (Å²) >= 11 is 1.61. The Kier molecular flexibility index (Phi) is 5.79. The first-order valence-electron chi connectivity index (χ1n) is 7.11. The number of anilines is 1. The minimum atomic E-state index is -0.183. The predicted molar refractivity (Wildman–Crippen MR) is 81.2 cm³/mol. The molecule has 1 aromatic heterocycles. The number of methoxy groups -OCH3 is 1. The topological polar surface area (TPSA) is 54.5 Å². The van der Waals surface area contributed by atoms with E-state index in [1.165, 1.54) is 26.5 Å². The maximum absolute atomic E-state index is 11.1. The third-order valence-electron chi connectivity index (χ3n) is 3.63. The second-order valence-electron chi connectivity index (χ2n) is 5.37. The molecular formula is C14H23N3O2S. The van der Waals surface area contributed by atoms with Gasteiger partial charge in [0.1, 0.15) is 0 Å². The van der Waals surface area contributed by atoms with E-state index < -0.39 is 0 Å². The van der Waals surface area contributed by atoms with E-state index in [4.69, 9.17) is 0 Å². The molecule has 2 heterocycles. The van der Waals surface area contributed by atoms with Gasteiger partial charge in [0.2, 0.25) is 0 Å². The summed E-state index contributed by atoms with van der Waals surface area (Å²) in [6.07, 6.45) is 3.62. The van der Waals surface area contributed by atoms with Crippen LogP contribution in [-0.4, -0.2) is 49.6 Å². The lowest BCUT2D eigenvalue weighted by atomic mass is 9.99. The van der Waals surface area contributed by atoms with E-state index in [2.05, 4.69) is 27.0 Å². The van der Waals surface area contributed by atoms with Crippen molar-refractivity contribution in [3.63, 3.8) is 0 Å². The van der Waals surface area contributed by atoms with Gasteiger partial charge in [0, 0.05) is 24.9 Å². The Labute approximate surface area is 124 Å². The van der Waals surface area contributed by atoms with Crippen molar-refractivity contribution in [1.29, 1.82) is 0 Å². The summed E-state index contributed by atoms with van der Waals surface area (Å²) in [7, 11) is 3.60. The highest BCUT2D eigenvalue weighted by Crippen LogP contribution is 2.19. The van der Waals surface area contributed by atoms with Crippen LogP contribution in [0.2, 0.25) is 0 Å². The van der Waals surface area contributed by atoms with Gasteiger partial charge in [-0.3, -0.25) is 4.79 Å². The lowest BCUT2D eigenvalue weighted by Crippen LogP contribution is -2.35. The van der Waals surface area contributed by atoms with Crippen LogP contribution < -0.4 is 5.32 Å². The van der Waals surface area contributed by atoms with Gasteiger partial charge in [0.15, 0.2) is 5.13 Å². The maximum Gasteiger partial charge on any atom is 0.305 e. The van der Waals surface area contributed by atoms with E-state index in [0.29, 0.717) is 18.8 Å². The van der Waals surface area contributed by atoms with E-state index in [1.807, 2.05) is 5.38 Å².